The van der Waals surface area contributed by atoms with Crippen molar-refractivity contribution in [3.8, 4) is 0 Å². The molecule has 5 heteroatoms. The van der Waals surface area contributed by atoms with Crippen molar-refractivity contribution >= 4 is 23.0 Å². The van der Waals surface area contributed by atoms with Crippen LogP contribution in [0.15, 0.2) is 10.6 Å². The molecule has 0 saturated heterocycles. The number of nitrogens with zero attached hydrogens (tertiary/aromatic N) is 1. The lowest BCUT2D eigenvalue weighted by atomic mass is 10.2. The van der Waals surface area contributed by atoms with Crippen molar-refractivity contribution in [2.24, 2.45) is 5.18 Å². The summed E-state index contributed by atoms with van der Waals surface area (Å²) in [5, 5.41) is 4.33. The van der Waals surface area contributed by atoms with E-state index in [1.165, 1.54) is 18.4 Å². The van der Waals surface area contributed by atoms with E-state index in [1.54, 1.807) is 12.3 Å². The van der Waals surface area contributed by atoms with Crippen LogP contribution in [0.25, 0.3) is 0 Å². The Morgan fingerprint density at radius 3 is 2.83 bits per heavy atom. The van der Waals surface area contributed by atoms with Crippen molar-refractivity contribution in [2.45, 2.75) is 6.92 Å². The molecule has 0 N–H and O–H groups in total. The van der Waals surface area contributed by atoms with E-state index in [9.17, 15) is 9.70 Å². The molecular weight excluding hydrogens is 178 g/mol. The fourth-order valence-corrected chi connectivity index (χ4v) is 1.58. The van der Waals surface area contributed by atoms with Crippen molar-refractivity contribution in [1.82, 2.24) is 0 Å². The quantitative estimate of drug-likeness (QED) is 0.524. The van der Waals surface area contributed by atoms with Gasteiger partial charge in [-0.2, -0.15) is 0 Å². The van der Waals surface area contributed by atoms with Crippen LogP contribution in [0.4, 0.5) is 5.69 Å². The Morgan fingerprint density at radius 2 is 2.33 bits per heavy atom. The van der Waals surface area contributed by atoms with E-state index in [4.69, 9.17) is 0 Å². The van der Waals surface area contributed by atoms with Gasteiger partial charge >= 0.3 is 5.97 Å². The maximum Gasteiger partial charge on any atom is 0.341 e. The highest BCUT2D eigenvalue weighted by molar-refractivity contribution is 7.10. The van der Waals surface area contributed by atoms with Crippen LogP contribution in [0.1, 0.15) is 15.2 Å². The van der Waals surface area contributed by atoms with E-state index in [2.05, 4.69) is 9.91 Å². The van der Waals surface area contributed by atoms with Crippen molar-refractivity contribution in [2.75, 3.05) is 7.11 Å². The summed E-state index contributed by atoms with van der Waals surface area (Å²) in [5.74, 6) is -0.519. The number of ether oxygens (including phenoxy) is 1. The summed E-state index contributed by atoms with van der Waals surface area (Å²) in [7, 11) is 1.27. The number of hydrogen-bond acceptors (Lipinski definition) is 5. The summed E-state index contributed by atoms with van der Waals surface area (Å²) >= 11 is 1.30. The highest BCUT2D eigenvalue weighted by Crippen LogP contribution is 2.30. The molecule has 0 bridgehead atoms. The molecule has 0 amide bonds. The number of methoxy groups -OCH3 is 1. The van der Waals surface area contributed by atoms with Crippen LogP contribution in [0.5, 0.6) is 0 Å². The lowest BCUT2D eigenvalue weighted by Crippen LogP contribution is -1.98. The van der Waals surface area contributed by atoms with Crippen LogP contribution in [0.3, 0.4) is 0 Å². The average molecular weight is 185 g/mol. The summed E-state index contributed by atoms with van der Waals surface area (Å²) in [6.45, 7) is 1.73. The highest BCUT2D eigenvalue weighted by Gasteiger charge is 2.16. The Kier molecular flexibility index (Phi) is 2.54. The molecule has 0 atom stereocenters. The van der Waals surface area contributed by atoms with Gasteiger partial charge in [-0.25, -0.2) is 4.79 Å². The molecule has 0 aliphatic rings. The van der Waals surface area contributed by atoms with E-state index >= 15 is 0 Å². The number of carbonyl (C=O) groups is 1. The van der Waals surface area contributed by atoms with E-state index in [1.807, 2.05) is 0 Å². The zero-order chi connectivity index (χ0) is 9.14. The van der Waals surface area contributed by atoms with Gasteiger partial charge in [-0.3, -0.25) is 0 Å². The molecule has 0 unspecified atom stereocenters. The van der Waals surface area contributed by atoms with Gasteiger partial charge in [-0.05, 0) is 12.1 Å². The summed E-state index contributed by atoms with van der Waals surface area (Å²) in [5.41, 5.74) is 0.432. The zero-order valence-corrected chi connectivity index (χ0v) is 7.47. The monoisotopic (exact) mass is 185 g/mol. The van der Waals surface area contributed by atoms with Crippen LogP contribution < -0.4 is 0 Å². The third-order valence-corrected chi connectivity index (χ3v) is 2.34. The fraction of sp³-hybridized carbons (Fsp3) is 0.286. The second kappa shape index (κ2) is 3.44. The molecule has 1 rings (SSSR count). The van der Waals surface area contributed by atoms with Crippen LogP contribution >= 0.6 is 11.3 Å². The Balaban J connectivity index is 3.15. The predicted octanol–water partition coefficient (Wildman–Crippen LogP) is 2.24. The van der Waals surface area contributed by atoms with Gasteiger partial charge in [0.2, 0.25) is 0 Å². The van der Waals surface area contributed by atoms with Crippen LogP contribution in [0.2, 0.25) is 0 Å². The second-order valence-electron chi connectivity index (χ2n) is 2.14. The van der Waals surface area contributed by atoms with Gasteiger partial charge in [0.15, 0.2) is 0 Å². The van der Waals surface area contributed by atoms with Crippen LogP contribution in [-0.4, -0.2) is 13.1 Å². The summed E-state index contributed by atoms with van der Waals surface area (Å²) in [6, 6.07) is 0. The predicted molar refractivity (Wildman–Crippen MR) is 45.9 cm³/mol. The number of hydrogen-bond donors (Lipinski definition) is 0. The van der Waals surface area contributed by atoms with Crippen molar-refractivity contribution in [1.29, 1.82) is 0 Å². The largest absolute Gasteiger partial charge is 0.465 e. The smallest absolute Gasteiger partial charge is 0.341 e. The molecule has 1 heterocycles. The van der Waals surface area contributed by atoms with Gasteiger partial charge in [-0.1, -0.05) is 0 Å². The first-order valence-electron chi connectivity index (χ1n) is 3.20. The SMILES string of the molecule is COC(=O)c1csc(C)c1N=O. The minimum atomic E-state index is -0.519. The number of rotatable bonds is 2. The van der Waals surface area contributed by atoms with Crippen molar-refractivity contribution < 1.29 is 9.53 Å². The molecule has 0 radical (unpaired) electrons. The van der Waals surface area contributed by atoms with Crippen molar-refractivity contribution in [3.63, 3.8) is 0 Å². The van der Waals surface area contributed by atoms with E-state index in [0.29, 0.717) is 0 Å². The topological polar surface area (TPSA) is 55.7 Å². The number of nitroso groups, excluding NO2 is 1. The molecule has 0 aliphatic carbocycles. The van der Waals surface area contributed by atoms with Gasteiger partial charge in [0.05, 0.1) is 12.7 Å². The molecular formula is C7H7NO3S. The minimum Gasteiger partial charge on any atom is -0.465 e. The van der Waals surface area contributed by atoms with E-state index in [-0.39, 0.29) is 11.3 Å². The zero-order valence-electron chi connectivity index (χ0n) is 6.66. The molecule has 0 aliphatic heterocycles. The number of carbonyl (C=O) groups excluding carboxylic acids is 1. The average Bonchev–Trinajstić information content (AvgIpc) is 2.45. The molecule has 0 saturated carbocycles. The summed E-state index contributed by atoms with van der Waals surface area (Å²) < 4.78 is 4.46. The molecule has 0 fully saturated rings. The maximum absolute atomic E-state index is 11.0. The van der Waals surface area contributed by atoms with Crippen LogP contribution in [-0.2, 0) is 4.74 Å². The van der Waals surface area contributed by atoms with Gasteiger partial charge in [0.25, 0.3) is 0 Å². The standard InChI is InChI=1S/C7H7NO3S/c1-4-6(8-10)5(3-12-4)7(9)11-2/h3H,1-2H3. The first kappa shape index (κ1) is 8.86. The molecule has 4 nitrogen and oxygen atoms in total. The normalized spacial score (nSPS) is 9.50. The lowest BCUT2D eigenvalue weighted by molar-refractivity contribution is 0.0602. The Morgan fingerprint density at radius 1 is 1.67 bits per heavy atom. The third-order valence-electron chi connectivity index (χ3n) is 1.44. The van der Waals surface area contributed by atoms with Gasteiger partial charge in [0.1, 0.15) is 5.69 Å². The van der Waals surface area contributed by atoms with Crippen molar-refractivity contribution in [3.05, 3.63) is 20.7 Å². The molecule has 12 heavy (non-hydrogen) atoms. The molecule has 1 aromatic heterocycles. The number of esters is 1. The minimum absolute atomic E-state index is 0.187. The van der Waals surface area contributed by atoms with Gasteiger partial charge < -0.3 is 4.74 Å². The Hall–Kier alpha value is -1.23. The Bertz CT molecular complexity index is 318. The van der Waals surface area contributed by atoms with Gasteiger partial charge in [0, 0.05) is 10.3 Å². The first-order chi connectivity index (χ1) is 5.70. The van der Waals surface area contributed by atoms with Gasteiger partial charge in [-0.15, -0.1) is 16.2 Å². The molecule has 0 aromatic carbocycles. The summed E-state index contributed by atoms with van der Waals surface area (Å²) in [6.07, 6.45) is 0. The number of aryl methyl sites for hydroxylation is 1. The Labute approximate surface area is 73.1 Å². The second-order valence-corrected chi connectivity index (χ2v) is 3.22. The third kappa shape index (κ3) is 1.35. The molecule has 0 spiro atoms. The van der Waals surface area contributed by atoms with E-state index < -0.39 is 5.97 Å². The van der Waals surface area contributed by atoms with Crippen LogP contribution in [0, 0.1) is 11.8 Å². The summed E-state index contributed by atoms with van der Waals surface area (Å²) in [4.78, 5) is 22.0. The molecule has 1 aromatic rings. The molecule has 64 valence electrons. The fourth-order valence-electron chi connectivity index (χ4n) is 0.817. The van der Waals surface area contributed by atoms with E-state index in [0.717, 1.165) is 4.88 Å². The number of thiophene rings is 1. The first-order valence-corrected chi connectivity index (χ1v) is 4.08. The maximum atomic E-state index is 11.0. The lowest BCUT2D eigenvalue weighted by Gasteiger charge is -1.94. The highest BCUT2D eigenvalue weighted by atomic mass is 32.1.